The van der Waals surface area contributed by atoms with E-state index in [4.69, 9.17) is 11.6 Å². The molecule has 0 aliphatic heterocycles. The molecular weight excluding hydrogens is 250 g/mol. The van der Waals surface area contributed by atoms with Gasteiger partial charge in [-0.2, -0.15) is 0 Å². The van der Waals surface area contributed by atoms with Crippen molar-refractivity contribution in [2.24, 2.45) is 5.92 Å². The fraction of sp³-hybridized carbons (Fsp3) is 0.500. The fourth-order valence-corrected chi connectivity index (χ4v) is 2.76. The van der Waals surface area contributed by atoms with Crippen LogP contribution >= 0.6 is 11.6 Å². The average molecular weight is 268 g/mol. The predicted molar refractivity (Wildman–Crippen MR) is 72.0 cm³/mol. The first-order valence-corrected chi connectivity index (χ1v) is 6.88. The number of halogens is 1. The zero-order chi connectivity index (χ0) is 13.0. The average Bonchev–Trinajstić information content (AvgIpc) is 2.39. The van der Waals surface area contributed by atoms with E-state index in [9.17, 15) is 9.90 Å². The van der Waals surface area contributed by atoms with Crippen LogP contribution < -0.4 is 5.32 Å². The number of alkyl halides is 1. The van der Waals surface area contributed by atoms with E-state index in [1.54, 1.807) is 18.2 Å². The van der Waals surface area contributed by atoms with Crippen LogP contribution in [-0.4, -0.2) is 22.9 Å². The second-order valence-electron chi connectivity index (χ2n) is 4.91. The van der Waals surface area contributed by atoms with Gasteiger partial charge in [0.1, 0.15) is 5.75 Å². The molecule has 2 N–H and O–H groups in total. The van der Waals surface area contributed by atoms with Gasteiger partial charge in [-0.25, -0.2) is 0 Å². The first-order valence-electron chi connectivity index (χ1n) is 6.35. The highest BCUT2D eigenvalue weighted by Crippen LogP contribution is 2.25. The van der Waals surface area contributed by atoms with Crippen LogP contribution in [-0.2, 0) is 0 Å². The lowest BCUT2D eigenvalue weighted by atomic mass is 9.87. The maximum Gasteiger partial charge on any atom is 0.251 e. The normalized spacial score (nSPS) is 23.6. The van der Waals surface area contributed by atoms with Gasteiger partial charge in [0.2, 0.25) is 0 Å². The molecule has 1 aliphatic carbocycles. The van der Waals surface area contributed by atoms with Gasteiger partial charge in [-0.05, 0) is 43.4 Å². The van der Waals surface area contributed by atoms with E-state index in [1.165, 1.54) is 6.07 Å². The number of phenols is 1. The van der Waals surface area contributed by atoms with Crippen LogP contribution in [0.4, 0.5) is 0 Å². The quantitative estimate of drug-likeness (QED) is 0.828. The molecule has 1 aromatic rings. The summed E-state index contributed by atoms with van der Waals surface area (Å²) in [6, 6.07) is 6.62. The number of benzene rings is 1. The van der Waals surface area contributed by atoms with E-state index in [0.717, 1.165) is 25.7 Å². The number of amides is 1. The Morgan fingerprint density at radius 1 is 1.44 bits per heavy atom. The lowest BCUT2D eigenvalue weighted by Gasteiger charge is -2.28. The lowest BCUT2D eigenvalue weighted by molar-refractivity contribution is 0.0921. The van der Waals surface area contributed by atoms with E-state index >= 15 is 0 Å². The molecule has 98 valence electrons. The van der Waals surface area contributed by atoms with Gasteiger partial charge >= 0.3 is 0 Å². The maximum absolute atomic E-state index is 12.0. The standard InChI is InChI=1S/C14H18ClNO2/c15-9-10-3-1-5-12(7-10)16-14(18)11-4-2-6-13(17)8-11/h2,4,6,8,10,12,17H,1,3,5,7,9H2,(H,16,18). The number of phenolic OH excluding ortho intramolecular Hbond substituents is 1. The Kier molecular flexibility index (Phi) is 4.48. The summed E-state index contributed by atoms with van der Waals surface area (Å²) in [5.41, 5.74) is 0.503. The molecule has 0 saturated heterocycles. The molecule has 1 saturated carbocycles. The van der Waals surface area contributed by atoms with Gasteiger partial charge in [0.25, 0.3) is 5.91 Å². The molecular formula is C14H18ClNO2. The largest absolute Gasteiger partial charge is 0.508 e. The summed E-state index contributed by atoms with van der Waals surface area (Å²) in [7, 11) is 0. The van der Waals surface area contributed by atoms with Gasteiger partial charge in [0, 0.05) is 17.5 Å². The molecule has 18 heavy (non-hydrogen) atoms. The number of aromatic hydroxyl groups is 1. The van der Waals surface area contributed by atoms with Crippen molar-refractivity contribution < 1.29 is 9.90 Å². The third-order valence-corrected chi connectivity index (χ3v) is 3.88. The Morgan fingerprint density at radius 2 is 2.28 bits per heavy atom. The zero-order valence-corrected chi connectivity index (χ0v) is 11.0. The Labute approximate surface area is 112 Å². The lowest BCUT2D eigenvalue weighted by Crippen LogP contribution is -2.38. The molecule has 2 unspecified atom stereocenters. The van der Waals surface area contributed by atoms with E-state index in [1.807, 2.05) is 0 Å². The molecule has 2 rings (SSSR count). The van der Waals surface area contributed by atoms with Crippen molar-refractivity contribution in [2.75, 3.05) is 5.88 Å². The molecule has 0 spiro atoms. The van der Waals surface area contributed by atoms with Crippen molar-refractivity contribution in [1.29, 1.82) is 0 Å². The Bertz CT molecular complexity index is 422. The summed E-state index contributed by atoms with van der Waals surface area (Å²) in [6.07, 6.45) is 4.23. The van der Waals surface area contributed by atoms with Crippen LogP contribution in [0.15, 0.2) is 24.3 Å². The van der Waals surface area contributed by atoms with E-state index in [-0.39, 0.29) is 17.7 Å². The van der Waals surface area contributed by atoms with Crippen molar-refractivity contribution in [3.05, 3.63) is 29.8 Å². The number of rotatable bonds is 3. The van der Waals surface area contributed by atoms with Gasteiger partial charge in [-0.15, -0.1) is 11.6 Å². The highest BCUT2D eigenvalue weighted by Gasteiger charge is 2.22. The van der Waals surface area contributed by atoms with Crippen LogP contribution in [0.2, 0.25) is 0 Å². The highest BCUT2D eigenvalue weighted by atomic mass is 35.5. The van der Waals surface area contributed by atoms with Crippen molar-refractivity contribution >= 4 is 17.5 Å². The molecule has 1 aliphatic rings. The van der Waals surface area contributed by atoms with Crippen LogP contribution in [0.1, 0.15) is 36.0 Å². The van der Waals surface area contributed by atoms with Crippen molar-refractivity contribution in [3.63, 3.8) is 0 Å². The number of carbonyl (C=O) groups is 1. The summed E-state index contributed by atoms with van der Waals surface area (Å²) in [5, 5.41) is 12.4. The van der Waals surface area contributed by atoms with E-state index < -0.39 is 0 Å². The molecule has 0 radical (unpaired) electrons. The van der Waals surface area contributed by atoms with Gasteiger partial charge in [-0.1, -0.05) is 12.5 Å². The summed E-state index contributed by atoms with van der Waals surface area (Å²) in [4.78, 5) is 12.0. The zero-order valence-electron chi connectivity index (χ0n) is 10.2. The summed E-state index contributed by atoms with van der Waals surface area (Å²) >= 11 is 5.87. The molecule has 0 bridgehead atoms. The maximum atomic E-state index is 12.0. The molecule has 1 aromatic carbocycles. The number of hydrogen-bond acceptors (Lipinski definition) is 2. The van der Waals surface area contributed by atoms with Gasteiger partial charge < -0.3 is 10.4 Å². The van der Waals surface area contributed by atoms with Gasteiger partial charge in [-0.3, -0.25) is 4.79 Å². The molecule has 1 fully saturated rings. The SMILES string of the molecule is O=C(NC1CCCC(CCl)C1)c1cccc(O)c1. The Hall–Kier alpha value is -1.22. The van der Waals surface area contributed by atoms with Crippen LogP contribution in [0.25, 0.3) is 0 Å². The molecule has 4 heteroatoms. The second-order valence-corrected chi connectivity index (χ2v) is 5.22. The predicted octanol–water partition coefficient (Wildman–Crippen LogP) is 2.92. The third kappa shape index (κ3) is 3.39. The minimum absolute atomic E-state index is 0.116. The Morgan fingerprint density at radius 3 is 3.00 bits per heavy atom. The second kappa shape index (κ2) is 6.10. The molecule has 0 aromatic heterocycles. The van der Waals surface area contributed by atoms with Crippen molar-refractivity contribution in [2.45, 2.75) is 31.7 Å². The van der Waals surface area contributed by atoms with Crippen molar-refractivity contribution in [3.8, 4) is 5.75 Å². The van der Waals surface area contributed by atoms with Gasteiger partial charge in [0.15, 0.2) is 0 Å². The van der Waals surface area contributed by atoms with Gasteiger partial charge in [0.05, 0.1) is 0 Å². The van der Waals surface area contributed by atoms with Crippen LogP contribution in [0, 0.1) is 5.92 Å². The molecule has 3 nitrogen and oxygen atoms in total. The topological polar surface area (TPSA) is 49.3 Å². The van der Waals surface area contributed by atoms with E-state index in [2.05, 4.69) is 5.32 Å². The molecule has 0 heterocycles. The first kappa shape index (κ1) is 13.2. The number of carbonyl (C=O) groups excluding carboxylic acids is 1. The number of nitrogens with one attached hydrogen (secondary N) is 1. The minimum Gasteiger partial charge on any atom is -0.508 e. The van der Waals surface area contributed by atoms with Crippen LogP contribution in [0.5, 0.6) is 5.75 Å². The molecule has 2 atom stereocenters. The smallest absolute Gasteiger partial charge is 0.251 e. The summed E-state index contributed by atoms with van der Waals surface area (Å²) in [6.45, 7) is 0. The Balaban J connectivity index is 1.95. The van der Waals surface area contributed by atoms with E-state index in [0.29, 0.717) is 17.4 Å². The summed E-state index contributed by atoms with van der Waals surface area (Å²) < 4.78 is 0. The summed E-state index contributed by atoms with van der Waals surface area (Å²) in [5.74, 6) is 1.17. The highest BCUT2D eigenvalue weighted by molar-refractivity contribution is 6.18. The fourth-order valence-electron chi connectivity index (χ4n) is 2.48. The van der Waals surface area contributed by atoms with Crippen molar-refractivity contribution in [1.82, 2.24) is 5.32 Å². The minimum atomic E-state index is -0.119. The monoisotopic (exact) mass is 267 g/mol. The third-order valence-electron chi connectivity index (χ3n) is 3.44. The molecule has 1 amide bonds. The number of hydrogen-bond donors (Lipinski definition) is 2. The first-order chi connectivity index (χ1) is 8.69. The van der Waals surface area contributed by atoms with Crippen LogP contribution in [0.3, 0.4) is 0 Å².